The second kappa shape index (κ2) is 8.29. The van der Waals surface area contributed by atoms with E-state index in [-0.39, 0.29) is 18.4 Å². The number of para-hydroxylation sites is 2. The SMILES string of the molecule is CCN(C1=C(c2ccccc2OC)C(=O)N(Cc2ccco2)C1=O)c1ccccc1. The molecule has 0 spiro atoms. The molecule has 30 heavy (non-hydrogen) atoms. The topological polar surface area (TPSA) is 63.0 Å². The Morgan fingerprint density at radius 3 is 2.33 bits per heavy atom. The van der Waals surface area contributed by atoms with Gasteiger partial charge in [0, 0.05) is 17.8 Å². The summed E-state index contributed by atoms with van der Waals surface area (Å²) >= 11 is 0. The Bertz CT molecular complexity index is 1090. The van der Waals surface area contributed by atoms with Crippen LogP contribution in [0.1, 0.15) is 18.2 Å². The van der Waals surface area contributed by atoms with Gasteiger partial charge in [0.1, 0.15) is 17.2 Å². The summed E-state index contributed by atoms with van der Waals surface area (Å²) in [5.74, 6) is 0.350. The molecule has 0 fully saturated rings. The number of carbonyl (C=O) groups excluding carboxylic acids is 2. The minimum atomic E-state index is -0.370. The van der Waals surface area contributed by atoms with E-state index in [4.69, 9.17) is 9.15 Å². The monoisotopic (exact) mass is 402 g/mol. The zero-order valence-corrected chi connectivity index (χ0v) is 16.9. The third-order valence-electron chi connectivity index (χ3n) is 5.07. The summed E-state index contributed by atoms with van der Waals surface area (Å²) in [6, 6.07) is 20.3. The van der Waals surface area contributed by atoms with Crippen LogP contribution in [0.25, 0.3) is 5.57 Å². The molecule has 2 aromatic carbocycles. The number of rotatable bonds is 7. The first-order chi connectivity index (χ1) is 14.7. The minimum Gasteiger partial charge on any atom is -0.496 e. The van der Waals surface area contributed by atoms with Gasteiger partial charge in [0.05, 0.1) is 25.5 Å². The molecule has 6 nitrogen and oxygen atoms in total. The first-order valence-electron chi connectivity index (χ1n) is 9.74. The molecule has 152 valence electrons. The third-order valence-corrected chi connectivity index (χ3v) is 5.07. The molecule has 0 unspecified atom stereocenters. The van der Waals surface area contributed by atoms with Crippen LogP contribution in [0.15, 0.2) is 83.1 Å². The number of anilines is 1. The number of likely N-dealkylation sites (N-methyl/N-ethyl adjacent to an activating group) is 1. The van der Waals surface area contributed by atoms with Crippen LogP contribution >= 0.6 is 0 Å². The molecule has 2 amide bonds. The zero-order valence-electron chi connectivity index (χ0n) is 16.9. The Morgan fingerprint density at radius 2 is 1.67 bits per heavy atom. The van der Waals surface area contributed by atoms with Gasteiger partial charge in [0.15, 0.2) is 0 Å². The molecular weight excluding hydrogens is 380 g/mol. The Morgan fingerprint density at radius 1 is 0.933 bits per heavy atom. The van der Waals surface area contributed by atoms with Gasteiger partial charge in [-0.1, -0.05) is 36.4 Å². The molecule has 6 heteroatoms. The first kappa shape index (κ1) is 19.5. The van der Waals surface area contributed by atoms with E-state index in [0.717, 1.165) is 5.69 Å². The van der Waals surface area contributed by atoms with Gasteiger partial charge in [-0.25, -0.2) is 0 Å². The molecule has 4 rings (SSSR count). The highest BCUT2D eigenvalue weighted by Gasteiger charge is 2.42. The predicted octanol–water partition coefficient (Wildman–Crippen LogP) is 4.09. The smallest absolute Gasteiger partial charge is 0.278 e. The molecule has 0 N–H and O–H groups in total. The summed E-state index contributed by atoms with van der Waals surface area (Å²) in [6.45, 7) is 2.54. The molecule has 1 aromatic heterocycles. The zero-order chi connectivity index (χ0) is 21.1. The number of furan rings is 1. The van der Waals surface area contributed by atoms with E-state index >= 15 is 0 Å². The molecular formula is C24H22N2O4. The van der Waals surface area contributed by atoms with E-state index in [1.807, 2.05) is 54.3 Å². The second-order valence-corrected chi connectivity index (χ2v) is 6.78. The van der Waals surface area contributed by atoms with Crippen LogP contribution in [0.3, 0.4) is 0 Å². The van der Waals surface area contributed by atoms with Gasteiger partial charge in [-0.15, -0.1) is 0 Å². The molecule has 0 atom stereocenters. The lowest BCUT2D eigenvalue weighted by Gasteiger charge is -2.25. The number of benzene rings is 2. The van der Waals surface area contributed by atoms with Crippen LogP contribution in [0.4, 0.5) is 5.69 Å². The number of imide groups is 1. The van der Waals surface area contributed by atoms with Crippen molar-refractivity contribution < 1.29 is 18.7 Å². The van der Waals surface area contributed by atoms with Crippen LogP contribution in [0.5, 0.6) is 5.75 Å². The number of carbonyl (C=O) groups is 2. The standard InChI is InChI=1S/C24H22N2O4/c1-3-25(17-10-5-4-6-11-17)22-21(19-13-7-8-14-20(19)29-2)23(27)26(24(22)28)16-18-12-9-15-30-18/h4-15H,3,16H2,1-2H3. The average molecular weight is 402 g/mol. The van der Waals surface area contributed by atoms with Crippen molar-refractivity contribution in [3.05, 3.63) is 90.0 Å². The van der Waals surface area contributed by atoms with Gasteiger partial charge in [0.2, 0.25) is 0 Å². The van der Waals surface area contributed by atoms with Crippen LogP contribution in [0.2, 0.25) is 0 Å². The number of hydrogen-bond acceptors (Lipinski definition) is 5. The summed E-state index contributed by atoms with van der Waals surface area (Å²) < 4.78 is 10.9. The van der Waals surface area contributed by atoms with Crippen LogP contribution in [-0.4, -0.2) is 30.4 Å². The van der Waals surface area contributed by atoms with E-state index in [1.165, 1.54) is 11.2 Å². The van der Waals surface area contributed by atoms with E-state index in [9.17, 15) is 9.59 Å². The van der Waals surface area contributed by atoms with Crippen molar-refractivity contribution in [1.82, 2.24) is 4.90 Å². The highest BCUT2D eigenvalue weighted by molar-refractivity contribution is 6.37. The molecule has 0 radical (unpaired) electrons. The average Bonchev–Trinajstić information content (AvgIpc) is 3.38. The van der Waals surface area contributed by atoms with Gasteiger partial charge < -0.3 is 14.1 Å². The van der Waals surface area contributed by atoms with Crippen molar-refractivity contribution in [1.29, 1.82) is 0 Å². The van der Waals surface area contributed by atoms with Crippen molar-refractivity contribution in [2.24, 2.45) is 0 Å². The molecule has 1 aliphatic rings. The highest BCUT2D eigenvalue weighted by Crippen LogP contribution is 2.38. The molecule has 0 saturated heterocycles. The van der Waals surface area contributed by atoms with Crippen LogP contribution in [-0.2, 0) is 16.1 Å². The Labute approximate surface area is 175 Å². The quantitative estimate of drug-likeness (QED) is 0.557. The number of nitrogens with zero attached hydrogens (tertiary/aromatic N) is 2. The fourth-order valence-corrected chi connectivity index (χ4v) is 3.69. The van der Waals surface area contributed by atoms with E-state index < -0.39 is 0 Å². The summed E-state index contributed by atoms with van der Waals surface area (Å²) in [6.07, 6.45) is 1.53. The summed E-state index contributed by atoms with van der Waals surface area (Å²) in [5.41, 5.74) is 2.09. The van der Waals surface area contributed by atoms with Crippen LogP contribution < -0.4 is 9.64 Å². The normalized spacial score (nSPS) is 13.9. The lowest BCUT2D eigenvalue weighted by molar-refractivity contribution is -0.137. The molecule has 0 bridgehead atoms. The van der Waals surface area contributed by atoms with Crippen molar-refractivity contribution in [3.8, 4) is 5.75 Å². The van der Waals surface area contributed by atoms with Gasteiger partial charge in [-0.2, -0.15) is 0 Å². The van der Waals surface area contributed by atoms with E-state index in [2.05, 4.69) is 0 Å². The lowest BCUT2D eigenvalue weighted by Crippen LogP contribution is -2.34. The van der Waals surface area contributed by atoms with Gasteiger partial charge in [-0.3, -0.25) is 14.5 Å². The Balaban J connectivity index is 1.88. The highest BCUT2D eigenvalue weighted by atomic mass is 16.5. The largest absolute Gasteiger partial charge is 0.496 e. The summed E-state index contributed by atoms with van der Waals surface area (Å²) in [4.78, 5) is 30.1. The third kappa shape index (κ3) is 3.37. The van der Waals surface area contributed by atoms with Crippen molar-refractivity contribution in [2.75, 3.05) is 18.6 Å². The Hall–Kier alpha value is -3.80. The van der Waals surface area contributed by atoms with Gasteiger partial charge >= 0.3 is 0 Å². The molecule has 3 aromatic rings. The number of methoxy groups -OCH3 is 1. The van der Waals surface area contributed by atoms with Crippen LogP contribution in [0, 0.1) is 0 Å². The minimum absolute atomic E-state index is 0.0686. The van der Waals surface area contributed by atoms with E-state index in [1.54, 1.807) is 31.4 Å². The van der Waals surface area contributed by atoms with Crippen molar-refractivity contribution in [3.63, 3.8) is 0 Å². The molecule has 0 aliphatic carbocycles. The molecule has 1 aliphatic heterocycles. The maximum atomic E-state index is 13.5. The first-order valence-corrected chi connectivity index (χ1v) is 9.74. The van der Waals surface area contributed by atoms with Gasteiger partial charge in [0.25, 0.3) is 11.8 Å². The number of amides is 2. The van der Waals surface area contributed by atoms with E-state index in [0.29, 0.717) is 34.9 Å². The second-order valence-electron chi connectivity index (χ2n) is 6.78. The summed E-state index contributed by atoms with van der Waals surface area (Å²) in [5, 5.41) is 0. The van der Waals surface area contributed by atoms with Crippen molar-refractivity contribution >= 4 is 23.1 Å². The molecule has 2 heterocycles. The lowest BCUT2D eigenvalue weighted by atomic mass is 10.0. The van der Waals surface area contributed by atoms with Crippen molar-refractivity contribution in [2.45, 2.75) is 13.5 Å². The van der Waals surface area contributed by atoms with Gasteiger partial charge in [-0.05, 0) is 37.3 Å². The maximum absolute atomic E-state index is 13.5. The number of hydrogen-bond donors (Lipinski definition) is 0. The maximum Gasteiger partial charge on any atom is 0.278 e. The fraction of sp³-hybridized carbons (Fsp3) is 0.167. The number of ether oxygens (including phenoxy) is 1. The Kier molecular flexibility index (Phi) is 5.39. The summed E-state index contributed by atoms with van der Waals surface area (Å²) in [7, 11) is 1.55. The predicted molar refractivity (Wildman–Crippen MR) is 114 cm³/mol. The molecule has 0 saturated carbocycles. The fourth-order valence-electron chi connectivity index (χ4n) is 3.69.